The Labute approximate surface area is 184 Å². The third-order valence-electron chi connectivity index (χ3n) is 4.35. The van der Waals surface area contributed by atoms with Crippen LogP contribution in [0, 0.1) is 0 Å². The maximum atomic E-state index is 11.0. The molecule has 1 rings (SSSR count). The van der Waals surface area contributed by atoms with Crippen molar-refractivity contribution in [3.8, 4) is 0 Å². The van der Waals surface area contributed by atoms with Crippen LogP contribution in [-0.2, 0) is 0 Å². The van der Waals surface area contributed by atoms with Gasteiger partial charge in [0.05, 0.1) is 5.71 Å². The SMILES string of the molecule is CCN(CC)C(=S)N/N=C(C)/C(=N/NC(=S)N(CC)CC)c1ccc(C=O)cc1. The molecule has 0 heterocycles. The molecule has 0 aliphatic heterocycles. The molecule has 0 aliphatic rings. The molecule has 0 fully saturated rings. The van der Waals surface area contributed by atoms with Crippen LogP contribution in [0.4, 0.5) is 0 Å². The summed E-state index contributed by atoms with van der Waals surface area (Å²) in [5.41, 5.74) is 8.51. The van der Waals surface area contributed by atoms with E-state index in [0.29, 0.717) is 27.2 Å². The van der Waals surface area contributed by atoms with Gasteiger partial charge in [-0.3, -0.25) is 15.6 Å². The lowest BCUT2D eigenvalue weighted by atomic mass is 10.1. The van der Waals surface area contributed by atoms with Crippen LogP contribution in [0.5, 0.6) is 0 Å². The van der Waals surface area contributed by atoms with Crippen molar-refractivity contribution in [2.75, 3.05) is 26.2 Å². The van der Waals surface area contributed by atoms with Crippen LogP contribution >= 0.6 is 24.4 Å². The predicted octanol–water partition coefficient (Wildman–Crippen LogP) is 3.01. The molecule has 0 aromatic heterocycles. The zero-order valence-corrected chi connectivity index (χ0v) is 19.4. The van der Waals surface area contributed by atoms with Gasteiger partial charge in [0.15, 0.2) is 10.2 Å². The molecule has 0 spiro atoms. The van der Waals surface area contributed by atoms with Crippen molar-refractivity contribution in [1.82, 2.24) is 20.7 Å². The second-order valence-corrected chi connectivity index (χ2v) is 6.85. The molecule has 0 saturated heterocycles. The van der Waals surface area contributed by atoms with E-state index in [9.17, 15) is 4.79 Å². The number of aldehydes is 1. The van der Waals surface area contributed by atoms with Gasteiger partial charge in [-0.1, -0.05) is 24.3 Å². The predicted molar refractivity (Wildman–Crippen MR) is 129 cm³/mol. The van der Waals surface area contributed by atoms with Gasteiger partial charge in [0.1, 0.15) is 12.0 Å². The monoisotopic (exact) mass is 434 g/mol. The average molecular weight is 435 g/mol. The van der Waals surface area contributed by atoms with Gasteiger partial charge in [0, 0.05) is 37.3 Å². The number of hydrogen-bond donors (Lipinski definition) is 2. The standard InChI is InChI=1S/C20H30N6OS2/c1-6-25(7-2)19(28)23-21-15(5)18(17-12-10-16(14-27)11-13-17)22-24-20(29)26(8-3)9-4/h10-14H,6-9H2,1-5H3,(H,23,28)(H,24,29)/b21-15+,22-18-. The van der Waals surface area contributed by atoms with E-state index in [1.807, 2.05) is 56.6 Å². The molecule has 158 valence electrons. The number of hydrogen-bond acceptors (Lipinski definition) is 5. The Kier molecular flexibility index (Phi) is 11.0. The third kappa shape index (κ3) is 7.51. The highest BCUT2D eigenvalue weighted by atomic mass is 32.1. The number of rotatable bonds is 9. The van der Waals surface area contributed by atoms with Crippen LogP contribution in [0.2, 0.25) is 0 Å². The fourth-order valence-electron chi connectivity index (χ4n) is 2.53. The minimum atomic E-state index is 0.538. The Balaban J connectivity index is 3.15. The van der Waals surface area contributed by atoms with Crippen molar-refractivity contribution >= 4 is 52.4 Å². The Hall–Kier alpha value is -2.39. The van der Waals surface area contributed by atoms with E-state index in [4.69, 9.17) is 24.4 Å². The molecular weight excluding hydrogens is 404 g/mol. The first-order chi connectivity index (χ1) is 13.9. The second-order valence-electron chi connectivity index (χ2n) is 6.08. The van der Waals surface area contributed by atoms with Gasteiger partial charge in [-0.2, -0.15) is 10.2 Å². The van der Waals surface area contributed by atoms with Crippen molar-refractivity contribution in [2.24, 2.45) is 10.2 Å². The fraction of sp³-hybridized carbons (Fsp3) is 0.450. The van der Waals surface area contributed by atoms with Crippen LogP contribution < -0.4 is 10.9 Å². The fourth-order valence-corrected chi connectivity index (χ4v) is 3.13. The first-order valence-electron chi connectivity index (χ1n) is 9.69. The molecule has 0 radical (unpaired) electrons. The number of nitrogens with zero attached hydrogens (tertiary/aromatic N) is 4. The lowest BCUT2D eigenvalue weighted by Gasteiger charge is -2.21. The summed E-state index contributed by atoms with van der Waals surface area (Å²) in [6.07, 6.45) is 0.805. The van der Waals surface area contributed by atoms with Gasteiger partial charge in [-0.25, -0.2) is 0 Å². The quantitative estimate of drug-likeness (QED) is 0.268. The molecule has 0 bridgehead atoms. The second kappa shape index (κ2) is 12.9. The minimum absolute atomic E-state index is 0.538. The van der Waals surface area contributed by atoms with E-state index < -0.39 is 0 Å². The highest BCUT2D eigenvalue weighted by molar-refractivity contribution is 7.80. The summed E-state index contributed by atoms with van der Waals surface area (Å²) < 4.78 is 0. The van der Waals surface area contributed by atoms with Crippen LogP contribution in [-0.4, -0.2) is 63.9 Å². The van der Waals surface area contributed by atoms with Gasteiger partial charge >= 0.3 is 0 Å². The van der Waals surface area contributed by atoms with Gasteiger partial charge in [0.25, 0.3) is 0 Å². The van der Waals surface area contributed by atoms with E-state index >= 15 is 0 Å². The van der Waals surface area contributed by atoms with Crippen molar-refractivity contribution in [3.63, 3.8) is 0 Å². The van der Waals surface area contributed by atoms with Gasteiger partial charge in [-0.05, 0) is 59.1 Å². The Bertz CT molecular complexity index is 753. The minimum Gasteiger partial charge on any atom is -0.348 e. The van der Waals surface area contributed by atoms with Gasteiger partial charge < -0.3 is 9.80 Å². The summed E-state index contributed by atoms with van der Waals surface area (Å²) in [7, 11) is 0. The summed E-state index contributed by atoms with van der Waals surface area (Å²) in [6, 6.07) is 7.13. The van der Waals surface area contributed by atoms with Crippen LogP contribution in [0.3, 0.4) is 0 Å². The molecule has 2 N–H and O–H groups in total. The van der Waals surface area contributed by atoms with E-state index in [2.05, 4.69) is 21.1 Å². The van der Waals surface area contributed by atoms with E-state index in [-0.39, 0.29) is 0 Å². The molecule has 9 heteroatoms. The summed E-state index contributed by atoms with van der Waals surface area (Å²) in [5, 5.41) is 10.00. The average Bonchev–Trinajstić information content (AvgIpc) is 2.74. The molecule has 29 heavy (non-hydrogen) atoms. The first-order valence-corrected chi connectivity index (χ1v) is 10.5. The molecule has 1 aromatic rings. The zero-order chi connectivity index (χ0) is 21.8. The third-order valence-corrected chi connectivity index (χ3v) is 5.05. The summed E-state index contributed by atoms with van der Waals surface area (Å²) in [5.74, 6) is 0. The number of carbonyl (C=O) groups is 1. The lowest BCUT2D eigenvalue weighted by Crippen LogP contribution is -2.39. The van der Waals surface area contributed by atoms with Crippen LogP contribution in [0.15, 0.2) is 34.5 Å². The largest absolute Gasteiger partial charge is 0.348 e. The maximum absolute atomic E-state index is 11.0. The summed E-state index contributed by atoms with van der Waals surface area (Å²) in [6.45, 7) is 13.1. The van der Waals surface area contributed by atoms with Crippen molar-refractivity contribution in [2.45, 2.75) is 34.6 Å². The normalized spacial score (nSPS) is 11.6. The van der Waals surface area contributed by atoms with Crippen LogP contribution in [0.25, 0.3) is 0 Å². The number of hydrazone groups is 2. The lowest BCUT2D eigenvalue weighted by molar-refractivity contribution is 0.112. The Morgan fingerprint density at radius 1 is 0.897 bits per heavy atom. The molecular formula is C20H30N6OS2. The number of thiocarbonyl (C=S) groups is 2. The molecule has 0 unspecified atom stereocenters. The van der Waals surface area contributed by atoms with Gasteiger partial charge in [0.2, 0.25) is 0 Å². The van der Waals surface area contributed by atoms with E-state index in [1.54, 1.807) is 12.1 Å². The Morgan fingerprint density at radius 3 is 1.76 bits per heavy atom. The van der Waals surface area contributed by atoms with Crippen molar-refractivity contribution < 1.29 is 4.79 Å². The maximum Gasteiger partial charge on any atom is 0.189 e. The molecule has 0 amide bonds. The van der Waals surface area contributed by atoms with Crippen molar-refractivity contribution in [3.05, 3.63) is 35.4 Å². The molecule has 0 saturated carbocycles. The van der Waals surface area contributed by atoms with Gasteiger partial charge in [-0.15, -0.1) is 0 Å². The van der Waals surface area contributed by atoms with Crippen LogP contribution in [0.1, 0.15) is 50.5 Å². The molecule has 7 nitrogen and oxygen atoms in total. The molecule has 1 aromatic carbocycles. The highest BCUT2D eigenvalue weighted by Crippen LogP contribution is 2.06. The Morgan fingerprint density at radius 2 is 1.34 bits per heavy atom. The number of carbonyl (C=O) groups excluding carboxylic acids is 1. The topological polar surface area (TPSA) is 72.3 Å². The molecule has 0 aliphatic carbocycles. The summed E-state index contributed by atoms with van der Waals surface area (Å²) >= 11 is 10.8. The molecule has 0 atom stereocenters. The zero-order valence-electron chi connectivity index (χ0n) is 17.7. The number of benzene rings is 1. The smallest absolute Gasteiger partial charge is 0.189 e. The summed E-state index contributed by atoms with van der Waals surface area (Å²) in [4.78, 5) is 14.9. The van der Waals surface area contributed by atoms with E-state index in [1.165, 1.54) is 0 Å². The first kappa shape index (κ1) is 24.6. The number of nitrogens with one attached hydrogen (secondary N) is 2. The van der Waals surface area contributed by atoms with E-state index in [0.717, 1.165) is 38.0 Å². The van der Waals surface area contributed by atoms with Crippen molar-refractivity contribution in [1.29, 1.82) is 0 Å². The highest BCUT2D eigenvalue weighted by Gasteiger charge is 2.11.